The minimum atomic E-state index is -0.211. The Morgan fingerprint density at radius 1 is 1.28 bits per heavy atom. The lowest BCUT2D eigenvalue weighted by Crippen LogP contribution is -2.40. The average molecular weight is 344 g/mol. The quantitative estimate of drug-likeness (QED) is 0.927. The summed E-state index contributed by atoms with van der Waals surface area (Å²) in [5, 5.41) is 2.70. The predicted molar refractivity (Wildman–Crippen MR) is 92.3 cm³/mol. The Bertz CT molecular complexity index is 743. The molecule has 0 spiro atoms. The maximum atomic E-state index is 13.3. The topological polar surface area (TPSA) is 67.3 Å². The fourth-order valence-corrected chi connectivity index (χ4v) is 3.15. The maximum Gasteiger partial charge on any atom is 0.324 e. The summed E-state index contributed by atoms with van der Waals surface area (Å²) in [6.45, 7) is 3.21. The van der Waals surface area contributed by atoms with Crippen LogP contribution in [0.2, 0.25) is 0 Å². The number of aryl methyl sites for hydroxylation is 1. The smallest absolute Gasteiger partial charge is 0.324 e. The van der Waals surface area contributed by atoms with E-state index in [1.807, 2.05) is 13.0 Å². The van der Waals surface area contributed by atoms with Crippen molar-refractivity contribution in [2.45, 2.75) is 25.7 Å². The van der Waals surface area contributed by atoms with Crippen LogP contribution in [0, 0.1) is 12.7 Å². The molecule has 0 saturated carbocycles. The van der Waals surface area contributed by atoms with Crippen LogP contribution < -0.4 is 10.1 Å². The first-order valence-electron chi connectivity index (χ1n) is 8.25. The van der Waals surface area contributed by atoms with Crippen molar-refractivity contribution in [2.24, 2.45) is 0 Å². The summed E-state index contributed by atoms with van der Waals surface area (Å²) in [5.74, 6) is 0.926. The van der Waals surface area contributed by atoms with Gasteiger partial charge >= 0.3 is 6.03 Å². The Hall–Kier alpha value is -2.70. The first-order chi connectivity index (χ1) is 12.1. The highest BCUT2D eigenvalue weighted by molar-refractivity contribution is 5.87. The Balaban J connectivity index is 1.56. The molecule has 0 unspecified atom stereocenters. The van der Waals surface area contributed by atoms with Crippen LogP contribution in [-0.2, 0) is 0 Å². The van der Waals surface area contributed by atoms with Crippen LogP contribution in [0.3, 0.4) is 0 Å². The van der Waals surface area contributed by atoms with Gasteiger partial charge in [0, 0.05) is 13.1 Å². The number of urea groups is 1. The second-order valence-corrected chi connectivity index (χ2v) is 6.14. The number of benzene rings is 1. The van der Waals surface area contributed by atoms with Crippen LogP contribution in [0.25, 0.3) is 0 Å². The van der Waals surface area contributed by atoms with Crippen LogP contribution in [-0.4, -0.2) is 41.1 Å². The van der Waals surface area contributed by atoms with Gasteiger partial charge in [0.15, 0.2) is 5.75 Å². The molecule has 1 aliphatic heterocycles. The van der Waals surface area contributed by atoms with Gasteiger partial charge < -0.3 is 9.64 Å². The number of likely N-dealkylation sites (tertiary alicyclic amines) is 1. The lowest BCUT2D eigenvalue weighted by Gasteiger charge is -2.32. The van der Waals surface area contributed by atoms with Crippen LogP contribution >= 0.6 is 0 Å². The zero-order valence-corrected chi connectivity index (χ0v) is 14.3. The number of ether oxygens (including phenoxy) is 1. The number of hydrogen-bond donors (Lipinski definition) is 1. The number of nitrogens with one attached hydrogen (secondary N) is 1. The van der Waals surface area contributed by atoms with Crippen molar-refractivity contribution in [3.63, 3.8) is 0 Å². The normalized spacial score (nSPS) is 15.1. The summed E-state index contributed by atoms with van der Waals surface area (Å²) in [7, 11) is 1.53. The van der Waals surface area contributed by atoms with Gasteiger partial charge in [0.05, 0.1) is 19.5 Å². The molecule has 25 heavy (non-hydrogen) atoms. The van der Waals surface area contributed by atoms with E-state index in [1.165, 1.54) is 31.1 Å². The fraction of sp³-hybridized carbons (Fsp3) is 0.389. The number of methoxy groups -OCH3 is 1. The predicted octanol–water partition coefficient (Wildman–Crippen LogP) is 3.34. The molecular weight excluding hydrogens is 323 g/mol. The van der Waals surface area contributed by atoms with E-state index in [0.29, 0.717) is 24.8 Å². The van der Waals surface area contributed by atoms with Crippen molar-refractivity contribution in [1.29, 1.82) is 0 Å². The molecule has 3 rings (SSSR count). The molecule has 2 heterocycles. The number of amides is 2. The molecule has 0 bridgehead atoms. The van der Waals surface area contributed by atoms with Gasteiger partial charge in [-0.25, -0.2) is 19.2 Å². The van der Waals surface area contributed by atoms with Crippen molar-refractivity contribution in [2.75, 3.05) is 25.5 Å². The minimum absolute atomic E-state index is 0.209. The molecule has 1 aromatic carbocycles. The van der Waals surface area contributed by atoms with Crippen molar-refractivity contribution >= 4 is 12.0 Å². The highest BCUT2D eigenvalue weighted by Crippen LogP contribution is 2.30. The number of rotatable bonds is 3. The molecule has 7 heteroatoms. The molecule has 1 N–H and O–H groups in total. The van der Waals surface area contributed by atoms with E-state index in [-0.39, 0.29) is 17.8 Å². The Morgan fingerprint density at radius 2 is 1.96 bits per heavy atom. The van der Waals surface area contributed by atoms with Crippen molar-refractivity contribution < 1.29 is 13.9 Å². The van der Waals surface area contributed by atoms with Gasteiger partial charge in [0.25, 0.3) is 0 Å². The molecule has 132 valence electrons. The molecule has 1 aliphatic rings. The molecule has 6 nitrogen and oxygen atoms in total. The highest BCUT2D eigenvalue weighted by atomic mass is 19.1. The molecular formula is C18H21FN4O2. The van der Waals surface area contributed by atoms with Gasteiger partial charge in [-0.2, -0.15) is 0 Å². The highest BCUT2D eigenvalue weighted by Gasteiger charge is 2.25. The van der Waals surface area contributed by atoms with Crippen LogP contribution in [0.15, 0.2) is 30.6 Å². The molecule has 1 saturated heterocycles. The Kier molecular flexibility index (Phi) is 5.11. The van der Waals surface area contributed by atoms with Gasteiger partial charge in [-0.1, -0.05) is 6.07 Å². The summed E-state index contributed by atoms with van der Waals surface area (Å²) in [4.78, 5) is 22.2. The van der Waals surface area contributed by atoms with Crippen LogP contribution in [0.1, 0.15) is 29.9 Å². The van der Waals surface area contributed by atoms with Crippen molar-refractivity contribution in [3.8, 4) is 5.75 Å². The summed E-state index contributed by atoms with van der Waals surface area (Å²) in [5.41, 5.74) is 2.13. The van der Waals surface area contributed by atoms with Crippen molar-refractivity contribution in [3.05, 3.63) is 47.5 Å². The van der Waals surface area contributed by atoms with E-state index in [2.05, 4.69) is 15.3 Å². The SMILES string of the molecule is COc1cnc(NC(=O)N2CCC(c3ccc(F)cc3C)CC2)nc1. The van der Waals surface area contributed by atoms with Crippen molar-refractivity contribution in [1.82, 2.24) is 14.9 Å². The maximum absolute atomic E-state index is 13.3. The third-order valence-electron chi connectivity index (χ3n) is 4.54. The number of aromatic nitrogens is 2. The van der Waals surface area contributed by atoms with Gasteiger partial charge in [0.2, 0.25) is 5.95 Å². The molecule has 0 atom stereocenters. The van der Waals surface area contributed by atoms with E-state index < -0.39 is 0 Å². The summed E-state index contributed by atoms with van der Waals surface area (Å²) in [6, 6.07) is 4.72. The zero-order chi connectivity index (χ0) is 17.8. The second-order valence-electron chi connectivity index (χ2n) is 6.14. The summed E-state index contributed by atoms with van der Waals surface area (Å²) < 4.78 is 18.2. The largest absolute Gasteiger partial charge is 0.494 e. The zero-order valence-electron chi connectivity index (χ0n) is 14.3. The molecule has 0 aliphatic carbocycles. The number of nitrogens with zero attached hydrogens (tertiary/aromatic N) is 3. The van der Waals surface area contributed by atoms with E-state index in [1.54, 1.807) is 11.0 Å². The molecule has 0 radical (unpaired) electrons. The Morgan fingerprint density at radius 3 is 2.56 bits per heavy atom. The first-order valence-corrected chi connectivity index (χ1v) is 8.25. The van der Waals surface area contributed by atoms with Gasteiger partial charge in [0.1, 0.15) is 5.82 Å². The number of halogens is 1. The third kappa shape index (κ3) is 4.04. The molecule has 1 aromatic heterocycles. The lowest BCUT2D eigenvalue weighted by molar-refractivity contribution is 0.194. The van der Waals surface area contributed by atoms with E-state index in [0.717, 1.165) is 18.4 Å². The van der Waals surface area contributed by atoms with Gasteiger partial charge in [-0.15, -0.1) is 0 Å². The summed E-state index contributed by atoms with van der Waals surface area (Å²) >= 11 is 0. The number of carbonyl (C=O) groups is 1. The molecule has 2 amide bonds. The average Bonchev–Trinajstić information content (AvgIpc) is 2.62. The van der Waals surface area contributed by atoms with E-state index in [4.69, 9.17) is 4.74 Å². The second kappa shape index (κ2) is 7.46. The number of piperidine rings is 1. The van der Waals surface area contributed by atoms with E-state index >= 15 is 0 Å². The third-order valence-corrected chi connectivity index (χ3v) is 4.54. The molecule has 1 fully saturated rings. The standard InChI is InChI=1S/C18H21FN4O2/c1-12-9-14(19)3-4-16(12)13-5-7-23(8-6-13)18(24)22-17-20-10-15(25-2)11-21-17/h3-4,9-11,13H,5-8H2,1-2H3,(H,20,21,22,24). The van der Waals surface area contributed by atoms with Gasteiger partial charge in [-0.05, 0) is 48.9 Å². The molecule has 2 aromatic rings. The number of anilines is 1. The fourth-order valence-electron chi connectivity index (χ4n) is 3.15. The summed E-state index contributed by atoms with van der Waals surface area (Å²) in [6.07, 6.45) is 4.71. The number of hydrogen-bond acceptors (Lipinski definition) is 4. The van der Waals surface area contributed by atoms with E-state index in [9.17, 15) is 9.18 Å². The number of carbonyl (C=O) groups excluding carboxylic acids is 1. The lowest BCUT2D eigenvalue weighted by atomic mass is 9.87. The minimum Gasteiger partial charge on any atom is -0.494 e. The Labute approximate surface area is 146 Å². The van der Waals surface area contributed by atoms with Crippen LogP contribution in [0.4, 0.5) is 15.1 Å². The monoisotopic (exact) mass is 344 g/mol. The van der Waals surface area contributed by atoms with Gasteiger partial charge in [-0.3, -0.25) is 5.32 Å². The van der Waals surface area contributed by atoms with Crippen LogP contribution in [0.5, 0.6) is 5.75 Å². The first kappa shape index (κ1) is 17.1.